The van der Waals surface area contributed by atoms with Crippen LogP contribution in [-0.4, -0.2) is 18.1 Å². The van der Waals surface area contributed by atoms with Gasteiger partial charge in [0.1, 0.15) is 5.00 Å². The summed E-state index contributed by atoms with van der Waals surface area (Å²) >= 11 is 3.17. The van der Waals surface area contributed by atoms with Gasteiger partial charge in [-0.15, -0.1) is 23.1 Å². The van der Waals surface area contributed by atoms with Crippen LogP contribution in [0.3, 0.4) is 0 Å². The van der Waals surface area contributed by atoms with Crippen molar-refractivity contribution in [2.45, 2.75) is 50.5 Å². The first-order valence-corrected chi connectivity index (χ1v) is 8.93. The second-order valence-electron chi connectivity index (χ2n) is 5.00. The highest BCUT2D eigenvalue weighted by atomic mass is 32.2. The molecule has 1 heterocycles. The number of nitrogen functional groups attached to an aromatic ring is 1. The molecule has 0 aliphatic heterocycles. The lowest BCUT2D eigenvalue weighted by molar-refractivity contribution is 0.0972. The van der Waals surface area contributed by atoms with E-state index in [0.717, 1.165) is 40.5 Å². The Morgan fingerprint density at radius 1 is 1.47 bits per heavy atom. The molecule has 106 valence electrons. The van der Waals surface area contributed by atoms with Crippen molar-refractivity contribution < 1.29 is 4.79 Å². The van der Waals surface area contributed by atoms with Gasteiger partial charge in [0.05, 0.1) is 15.5 Å². The Morgan fingerprint density at radius 3 is 2.58 bits per heavy atom. The third kappa shape index (κ3) is 3.08. The summed E-state index contributed by atoms with van der Waals surface area (Å²) in [6, 6.07) is 0.452. The molecule has 1 aliphatic carbocycles. The van der Waals surface area contributed by atoms with Gasteiger partial charge in [-0.25, -0.2) is 0 Å². The molecule has 1 aliphatic rings. The molecule has 0 atom stereocenters. The molecule has 19 heavy (non-hydrogen) atoms. The molecule has 0 radical (unpaired) electrons. The number of hydrogen-bond acceptors (Lipinski definition) is 5. The minimum absolute atomic E-state index is 0.233. The summed E-state index contributed by atoms with van der Waals surface area (Å²) in [5.74, 6) is 0.479. The zero-order chi connectivity index (χ0) is 14.0. The SMILES string of the molecule is CCC(CC)Nc1sc(C(=O)C2CC2)c(N)c1SC. The lowest BCUT2D eigenvalue weighted by atomic mass is 10.2. The van der Waals surface area contributed by atoms with Gasteiger partial charge in [0.25, 0.3) is 0 Å². The topological polar surface area (TPSA) is 55.1 Å². The molecule has 1 saturated carbocycles. The number of thioether (sulfide) groups is 1. The van der Waals surface area contributed by atoms with Crippen molar-refractivity contribution >= 4 is 39.6 Å². The van der Waals surface area contributed by atoms with E-state index in [1.54, 1.807) is 11.8 Å². The number of anilines is 2. The van der Waals surface area contributed by atoms with Crippen molar-refractivity contribution in [3.05, 3.63) is 4.88 Å². The minimum atomic E-state index is 0.233. The van der Waals surface area contributed by atoms with E-state index in [1.807, 2.05) is 6.26 Å². The average Bonchev–Trinajstić information content (AvgIpc) is 3.21. The van der Waals surface area contributed by atoms with Gasteiger partial charge in [-0.1, -0.05) is 13.8 Å². The van der Waals surface area contributed by atoms with Crippen LogP contribution in [0.1, 0.15) is 49.2 Å². The maximum Gasteiger partial charge on any atom is 0.178 e. The Balaban J connectivity index is 2.27. The zero-order valence-electron chi connectivity index (χ0n) is 11.8. The summed E-state index contributed by atoms with van der Waals surface area (Å²) in [6.07, 6.45) is 6.23. The Hall–Kier alpha value is -0.680. The van der Waals surface area contributed by atoms with Gasteiger partial charge in [-0.3, -0.25) is 4.79 Å². The fraction of sp³-hybridized carbons (Fsp3) is 0.643. The number of ketones is 1. The van der Waals surface area contributed by atoms with E-state index in [4.69, 9.17) is 5.73 Å². The van der Waals surface area contributed by atoms with Crippen molar-refractivity contribution in [2.75, 3.05) is 17.3 Å². The summed E-state index contributed by atoms with van der Waals surface area (Å²) in [5, 5.41) is 4.61. The van der Waals surface area contributed by atoms with Crippen LogP contribution >= 0.6 is 23.1 Å². The maximum atomic E-state index is 12.2. The van der Waals surface area contributed by atoms with Crippen LogP contribution in [0.15, 0.2) is 4.90 Å². The molecule has 0 spiro atoms. The molecule has 5 heteroatoms. The van der Waals surface area contributed by atoms with Crippen LogP contribution in [0.25, 0.3) is 0 Å². The van der Waals surface area contributed by atoms with E-state index in [-0.39, 0.29) is 11.7 Å². The third-order valence-corrected chi connectivity index (χ3v) is 5.71. The number of thiophene rings is 1. The molecule has 0 amide bonds. The highest BCUT2D eigenvalue weighted by molar-refractivity contribution is 7.99. The third-order valence-electron chi connectivity index (χ3n) is 3.60. The number of carbonyl (C=O) groups excluding carboxylic acids is 1. The molecule has 1 aromatic heterocycles. The molecule has 0 unspecified atom stereocenters. The van der Waals surface area contributed by atoms with E-state index in [9.17, 15) is 4.79 Å². The summed E-state index contributed by atoms with van der Waals surface area (Å²) in [7, 11) is 0. The Bertz CT molecular complexity index is 462. The monoisotopic (exact) mass is 298 g/mol. The number of carbonyl (C=O) groups is 1. The molecule has 1 fully saturated rings. The summed E-state index contributed by atoms with van der Waals surface area (Å²) in [4.78, 5) is 14.0. The number of hydrogen-bond donors (Lipinski definition) is 2. The first-order chi connectivity index (χ1) is 9.12. The van der Waals surface area contributed by atoms with Gasteiger partial charge in [-0.05, 0) is 31.9 Å². The molecular weight excluding hydrogens is 276 g/mol. The average molecular weight is 298 g/mol. The molecule has 2 rings (SSSR count). The molecule has 3 nitrogen and oxygen atoms in total. The number of Topliss-reactive ketones (excluding diaryl/α,β-unsaturated/α-hetero) is 1. The summed E-state index contributed by atoms with van der Waals surface area (Å²) in [6.45, 7) is 4.35. The second kappa shape index (κ2) is 6.18. The van der Waals surface area contributed by atoms with Gasteiger partial charge in [-0.2, -0.15) is 0 Å². The predicted molar refractivity (Wildman–Crippen MR) is 85.6 cm³/mol. The minimum Gasteiger partial charge on any atom is -0.396 e. The quantitative estimate of drug-likeness (QED) is 0.584. The molecule has 1 aromatic rings. The number of rotatable bonds is 7. The van der Waals surface area contributed by atoms with Crippen molar-refractivity contribution in [2.24, 2.45) is 5.92 Å². The van der Waals surface area contributed by atoms with E-state index in [0.29, 0.717) is 11.7 Å². The summed E-state index contributed by atoms with van der Waals surface area (Å²) < 4.78 is 0. The van der Waals surface area contributed by atoms with E-state index in [1.165, 1.54) is 11.3 Å². The Morgan fingerprint density at radius 2 is 2.11 bits per heavy atom. The summed E-state index contributed by atoms with van der Waals surface area (Å²) in [5.41, 5.74) is 6.85. The van der Waals surface area contributed by atoms with Gasteiger partial charge < -0.3 is 11.1 Å². The van der Waals surface area contributed by atoms with Crippen molar-refractivity contribution in [3.8, 4) is 0 Å². The first kappa shape index (κ1) is 14.7. The van der Waals surface area contributed by atoms with Crippen LogP contribution in [-0.2, 0) is 0 Å². The highest BCUT2D eigenvalue weighted by Gasteiger charge is 2.34. The van der Waals surface area contributed by atoms with Crippen molar-refractivity contribution in [1.29, 1.82) is 0 Å². The molecule has 0 bridgehead atoms. The highest BCUT2D eigenvalue weighted by Crippen LogP contribution is 2.45. The maximum absolute atomic E-state index is 12.2. The van der Waals surface area contributed by atoms with E-state index >= 15 is 0 Å². The normalized spacial score (nSPS) is 14.9. The molecule has 0 saturated heterocycles. The van der Waals surface area contributed by atoms with Crippen molar-refractivity contribution in [3.63, 3.8) is 0 Å². The van der Waals surface area contributed by atoms with Crippen molar-refractivity contribution in [1.82, 2.24) is 0 Å². The predicted octanol–water partition coefficient (Wildman–Crippen LogP) is 4.25. The van der Waals surface area contributed by atoms with Gasteiger partial charge in [0.2, 0.25) is 0 Å². The molecule has 0 aromatic carbocycles. The Kier molecular flexibility index (Phi) is 4.79. The van der Waals surface area contributed by atoms with E-state index < -0.39 is 0 Å². The van der Waals surface area contributed by atoms with Gasteiger partial charge in [0.15, 0.2) is 5.78 Å². The van der Waals surface area contributed by atoms with Crippen LogP contribution in [0, 0.1) is 5.92 Å². The fourth-order valence-corrected chi connectivity index (χ4v) is 4.24. The molecular formula is C14H22N2OS2. The smallest absolute Gasteiger partial charge is 0.178 e. The largest absolute Gasteiger partial charge is 0.396 e. The van der Waals surface area contributed by atoms with Crippen LogP contribution in [0.5, 0.6) is 0 Å². The van der Waals surface area contributed by atoms with Gasteiger partial charge in [0, 0.05) is 12.0 Å². The standard InChI is InChI=1S/C14H22N2OS2/c1-4-9(5-2)16-14-13(18-3)10(15)12(19-14)11(17)8-6-7-8/h8-9,16H,4-7,15H2,1-3H3. The fourth-order valence-electron chi connectivity index (χ4n) is 2.12. The van der Waals surface area contributed by atoms with Gasteiger partial charge >= 0.3 is 0 Å². The second-order valence-corrected chi connectivity index (χ2v) is 6.84. The van der Waals surface area contributed by atoms with Crippen LogP contribution in [0.4, 0.5) is 10.7 Å². The lowest BCUT2D eigenvalue weighted by Gasteiger charge is -2.15. The number of nitrogens with one attached hydrogen (secondary N) is 1. The van der Waals surface area contributed by atoms with Crippen LogP contribution < -0.4 is 11.1 Å². The first-order valence-electron chi connectivity index (χ1n) is 6.89. The van der Waals surface area contributed by atoms with E-state index in [2.05, 4.69) is 19.2 Å². The Labute approximate surface area is 123 Å². The number of nitrogens with two attached hydrogens (primary N) is 1. The van der Waals surface area contributed by atoms with Crippen LogP contribution in [0.2, 0.25) is 0 Å². The zero-order valence-corrected chi connectivity index (χ0v) is 13.4. The molecule has 3 N–H and O–H groups in total. The lowest BCUT2D eigenvalue weighted by Crippen LogP contribution is -2.16.